The van der Waals surface area contributed by atoms with E-state index < -0.39 is 11.6 Å². The van der Waals surface area contributed by atoms with E-state index in [0.29, 0.717) is 10.6 Å². The van der Waals surface area contributed by atoms with Crippen molar-refractivity contribution < 1.29 is 13.6 Å². The topological polar surface area (TPSA) is 30.0 Å². The van der Waals surface area contributed by atoms with E-state index in [1.165, 1.54) is 13.1 Å². The first-order valence-electron chi connectivity index (χ1n) is 5.16. The highest BCUT2D eigenvalue weighted by atomic mass is 32.2. The van der Waals surface area contributed by atoms with Crippen LogP contribution in [0.15, 0.2) is 46.5 Å². The molecule has 0 atom stereocenters. The van der Waals surface area contributed by atoms with Crippen LogP contribution in [0.25, 0.3) is 0 Å². The maximum absolute atomic E-state index is 13.4. The molecule has 0 aliphatic carbocycles. The van der Waals surface area contributed by atoms with Crippen molar-refractivity contribution in [1.82, 2.24) is 4.98 Å². The number of halogens is 2. The van der Waals surface area contributed by atoms with Gasteiger partial charge in [-0.2, -0.15) is 0 Å². The van der Waals surface area contributed by atoms with Crippen molar-refractivity contribution in [2.75, 3.05) is 0 Å². The summed E-state index contributed by atoms with van der Waals surface area (Å²) in [6.45, 7) is 1.44. The number of carbonyl (C=O) groups excluding carboxylic acids is 1. The van der Waals surface area contributed by atoms with Crippen molar-refractivity contribution >= 4 is 17.5 Å². The Morgan fingerprint density at radius 1 is 1.22 bits per heavy atom. The van der Waals surface area contributed by atoms with Crippen molar-refractivity contribution in [3.05, 3.63) is 53.7 Å². The van der Waals surface area contributed by atoms with Gasteiger partial charge in [0.2, 0.25) is 0 Å². The molecule has 18 heavy (non-hydrogen) atoms. The molecule has 2 nitrogen and oxygen atoms in total. The third-order valence-electron chi connectivity index (χ3n) is 2.25. The molecule has 1 aromatic heterocycles. The van der Waals surface area contributed by atoms with Gasteiger partial charge in [0.05, 0.1) is 4.90 Å². The van der Waals surface area contributed by atoms with Crippen LogP contribution in [0, 0.1) is 11.6 Å². The molecule has 0 unspecified atom stereocenters. The number of hydrogen-bond acceptors (Lipinski definition) is 3. The Morgan fingerprint density at radius 2 is 2.00 bits per heavy atom. The largest absolute Gasteiger partial charge is 0.295 e. The van der Waals surface area contributed by atoms with Crippen LogP contribution in [-0.4, -0.2) is 10.8 Å². The summed E-state index contributed by atoms with van der Waals surface area (Å²) in [5.41, 5.74) is 0.490. The summed E-state index contributed by atoms with van der Waals surface area (Å²) in [5.74, 6) is -1.13. The maximum Gasteiger partial charge on any atom is 0.159 e. The average molecular weight is 265 g/mol. The number of pyridine rings is 1. The third-order valence-corrected chi connectivity index (χ3v) is 3.21. The first kappa shape index (κ1) is 12.7. The van der Waals surface area contributed by atoms with Gasteiger partial charge in [0.1, 0.15) is 16.7 Å². The fourth-order valence-electron chi connectivity index (χ4n) is 1.35. The van der Waals surface area contributed by atoms with Gasteiger partial charge in [-0.3, -0.25) is 4.79 Å². The van der Waals surface area contributed by atoms with E-state index in [1.54, 1.807) is 12.1 Å². The molecule has 92 valence electrons. The molecule has 0 fully saturated rings. The molecular weight excluding hydrogens is 256 g/mol. The Labute approximate surface area is 107 Å². The number of aromatic nitrogens is 1. The molecule has 0 aliphatic heterocycles. The lowest BCUT2D eigenvalue weighted by atomic mass is 10.2. The van der Waals surface area contributed by atoms with E-state index in [-0.39, 0.29) is 10.7 Å². The average Bonchev–Trinajstić information content (AvgIpc) is 2.34. The molecule has 0 N–H and O–H groups in total. The van der Waals surface area contributed by atoms with Crippen LogP contribution in [0.3, 0.4) is 0 Å². The molecule has 1 aromatic carbocycles. The molecular formula is C13H9F2NOS. The molecule has 0 saturated carbocycles. The highest BCUT2D eigenvalue weighted by Crippen LogP contribution is 2.29. The van der Waals surface area contributed by atoms with Gasteiger partial charge < -0.3 is 0 Å². The summed E-state index contributed by atoms with van der Waals surface area (Å²) in [4.78, 5) is 15.4. The second kappa shape index (κ2) is 5.27. The lowest BCUT2D eigenvalue weighted by molar-refractivity contribution is 0.101. The zero-order valence-corrected chi connectivity index (χ0v) is 10.3. The molecule has 2 aromatic rings. The van der Waals surface area contributed by atoms with Crippen molar-refractivity contribution in [2.45, 2.75) is 16.8 Å². The Balaban J connectivity index is 2.31. The summed E-state index contributed by atoms with van der Waals surface area (Å²) in [5, 5.41) is 0.451. The first-order chi connectivity index (χ1) is 8.56. The van der Waals surface area contributed by atoms with E-state index in [2.05, 4.69) is 4.98 Å². The summed E-state index contributed by atoms with van der Waals surface area (Å²) in [7, 11) is 0. The Bertz CT molecular complexity index is 601. The van der Waals surface area contributed by atoms with Crippen LogP contribution in [-0.2, 0) is 0 Å². The van der Waals surface area contributed by atoms with Crippen LogP contribution in [0.5, 0.6) is 0 Å². The fraction of sp³-hybridized carbons (Fsp3) is 0.0769. The normalized spacial score (nSPS) is 10.4. The lowest BCUT2D eigenvalue weighted by Gasteiger charge is -2.03. The van der Waals surface area contributed by atoms with E-state index in [9.17, 15) is 13.6 Å². The van der Waals surface area contributed by atoms with Gasteiger partial charge in [-0.25, -0.2) is 13.8 Å². The van der Waals surface area contributed by atoms with E-state index in [4.69, 9.17) is 0 Å². The van der Waals surface area contributed by atoms with Crippen molar-refractivity contribution in [1.29, 1.82) is 0 Å². The zero-order valence-electron chi connectivity index (χ0n) is 9.48. The molecule has 0 radical (unpaired) electrons. The molecule has 0 spiro atoms. The first-order valence-corrected chi connectivity index (χ1v) is 5.98. The van der Waals surface area contributed by atoms with E-state index in [1.807, 2.05) is 0 Å². The van der Waals surface area contributed by atoms with Gasteiger partial charge in [-0.1, -0.05) is 11.8 Å². The zero-order chi connectivity index (χ0) is 13.1. The van der Waals surface area contributed by atoms with E-state index >= 15 is 0 Å². The lowest BCUT2D eigenvalue weighted by Crippen LogP contribution is -1.93. The van der Waals surface area contributed by atoms with Crippen molar-refractivity contribution in [3.63, 3.8) is 0 Å². The fourth-order valence-corrected chi connectivity index (χ4v) is 2.21. The number of Topliss-reactive ketones (excluding diaryl/α,β-unsaturated/α-hetero) is 1. The van der Waals surface area contributed by atoms with Gasteiger partial charge in [-0.15, -0.1) is 0 Å². The van der Waals surface area contributed by atoms with Gasteiger partial charge in [0.15, 0.2) is 5.78 Å². The van der Waals surface area contributed by atoms with Gasteiger partial charge in [0, 0.05) is 11.8 Å². The predicted molar refractivity (Wildman–Crippen MR) is 64.7 cm³/mol. The summed E-state index contributed by atoms with van der Waals surface area (Å²) >= 11 is 0.982. The number of hydrogen-bond donors (Lipinski definition) is 0. The Kier molecular flexibility index (Phi) is 3.72. The van der Waals surface area contributed by atoms with Crippen LogP contribution >= 0.6 is 11.8 Å². The SMILES string of the molecule is CC(=O)c1ccnc(Sc2cc(F)ccc2F)c1. The number of rotatable bonds is 3. The molecule has 0 amide bonds. The highest BCUT2D eigenvalue weighted by Gasteiger charge is 2.08. The number of carbonyl (C=O) groups is 1. The molecule has 5 heteroatoms. The van der Waals surface area contributed by atoms with Gasteiger partial charge in [0.25, 0.3) is 0 Å². The predicted octanol–water partition coefficient (Wildman–Crippen LogP) is 3.71. The summed E-state index contributed by atoms with van der Waals surface area (Å²) < 4.78 is 26.4. The minimum Gasteiger partial charge on any atom is -0.295 e. The number of nitrogens with zero attached hydrogens (tertiary/aromatic N) is 1. The summed E-state index contributed by atoms with van der Waals surface area (Å²) in [6.07, 6.45) is 1.47. The molecule has 2 rings (SSSR count). The standard InChI is InChI=1S/C13H9F2NOS/c1-8(17)9-4-5-16-13(6-9)18-12-7-10(14)2-3-11(12)15/h2-7H,1H3. The minimum absolute atomic E-state index is 0.0982. The highest BCUT2D eigenvalue weighted by molar-refractivity contribution is 7.99. The van der Waals surface area contributed by atoms with Crippen LogP contribution < -0.4 is 0 Å². The second-order valence-corrected chi connectivity index (χ2v) is 4.68. The van der Waals surface area contributed by atoms with Crippen LogP contribution in [0.2, 0.25) is 0 Å². The van der Waals surface area contributed by atoms with Crippen molar-refractivity contribution in [3.8, 4) is 0 Å². The minimum atomic E-state index is -0.517. The Morgan fingerprint density at radius 3 is 2.72 bits per heavy atom. The molecule has 0 bridgehead atoms. The van der Waals surface area contributed by atoms with Gasteiger partial charge >= 0.3 is 0 Å². The molecule has 0 saturated heterocycles. The Hall–Kier alpha value is -1.75. The molecule has 0 aliphatic rings. The molecule has 1 heterocycles. The number of ketones is 1. The monoisotopic (exact) mass is 265 g/mol. The quantitative estimate of drug-likeness (QED) is 0.792. The maximum atomic E-state index is 13.4. The summed E-state index contributed by atoms with van der Waals surface area (Å²) in [6, 6.07) is 6.35. The van der Waals surface area contributed by atoms with Gasteiger partial charge in [-0.05, 0) is 37.3 Å². The number of benzene rings is 1. The smallest absolute Gasteiger partial charge is 0.159 e. The second-order valence-electron chi connectivity index (χ2n) is 3.62. The van der Waals surface area contributed by atoms with Crippen LogP contribution in [0.4, 0.5) is 8.78 Å². The van der Waals surface area contributed by atoms with E-state index in [0.717, 1.165) is 30.0 Å². The van der Waals surface area contributed by atoms with Crippen LogP contribution in [0.1, 0.15) is 17.3 Å². The van der Waals surface area contributed by atoms with Crippen molar-refractivity contribution in [2.24, 2.45) is 0 Å². The third kappa shape index (κ3) is 2.92.